The predicted octanol–water partition coefficient (Wildman–Crippen LogP) is 7.54. The highest BCUT2D eigenvalue weighted by atomic mass is 35.5. The van der Waals surface area contributed by atoms with Crippen molar-refractivity contribution >= 4 is 34.4 Å². The van der Waals surface area contributed by atoms with E-state index in [1.54, 1.807) is 12.1 Å². The monoisotopic (exact) mass is 574 g/mol. The maximum Gasteiger partial charge on any atom is 0.341 e. The van der Waals surface area contributed by atoms with E-state index in [0.717, 1.165) is 39.8 Å². The standard InChI is InChI=1S/C34H39ClN2O4/c1-21(2)19-37-22(3)28(15-24-9-14-29(35)31(16-24)41-20-32(38)39)27-13-10-25(17-30(27)37)33(40)36-18-23-7-11-26(12-8-23)34(4,5)6/h7-14,16-17,21H,15,18-20H2,1-6H3,(H,36,40)(H,38,39). The summed E-state index contributed by atoms with van der Waals surface area (Å²) in [4.78, 5) is 24.2. The Labute approximate surface area is 247 Å². The predicted molar refractivity (Wildman–Crippen MR) is 165 cm³/mol. The van der Waals surface area contributed by atoms with Crippen molar-refractivity contribution < 1.29 is 19.4 Å². The zero-order chi connectivity index (χ0) is 29.9. The van der Waals surface area contributed by atoms with Gasteiger partial charge < -0.3 is 19.7 Å². The van der Waals surface area contributed by atoms with Gasteiger partial charge in [0.05, 0.1) is 5.02 Å². The number of carboxylic acid groups (broad SMARTS) is 1. The number of aromatic nitrogens is 1. The van der Waals surface area contributed by atoms with Crippen molar-refractivity contribution in [1.82, 2.24) is 9.88 Å². The fourth-order valence-electron chi connectivity index (χ4n) is 5.03. The number of rotatable bonds is 10. The molecule has 216 valence electrons. The maximum atomic E-state index is 13.2. The number of amides is 1. The van der Waals surface area contributed by atoms with Crippen molar-refractivity contribution in [3.8, 4) is 5.75 Å². The van der Waals surface area contributed by atoms with E-state index >= 15 is 0 Å². The third-order valence-corrected chi connectivity index (χ3v) is 7.58. The molecule has 0 fully saturated rings. The van der Waals surface area contributed by atoms with Crippen LogP contribution in [0, 0.1) is 12.8 Å². The fraction of sp³-hybridized carbons (Fsp3) is 0.353. The van der Waals surface area contributed by atoms with Crippen molar-refractivity contribution in [1.29, 1.82) is 0 Å². The van der Waals surface area contributed by atoms with Crippen molar-refractivity contribution in [3.05, 3.63) is 99.2 Å². The Morgan fingerprint density at radius 3 is 2.32 bits per heavy atom. The Kier molecular flexibility index (Phi) is 9.13. The number of hydrogen-bond donors (Lipinski definition) is 2. The van der Waals surface area contributed by atoms with E-state index in [9.17, 15) is 9.59 Å². The lowest BCUT2D eigenvalue weighted by Gasteiger charge is -2.19. The molecule has 2 N–H and O–H groups in total. The normalized spacial score (nSPS) is 11.7. The molecular weight excluding hydrogens is 536 g/mol. The second-order valence-corrected chi connectivity index (χ2v) is 12.5. The molecule has 0 spiro atoms. The van der Waals surface area contributed by atoms with Crippen LogP contribution in [0.4, 0.5) is 0 Å². The zero-order valence-electron chi connectivity index (χ0n) is 24.7. The van der Waals surface area contributed by atoms with E-state index in [-0.39, 0.29) is 11.3 Å². The van der Waals surface area contributed by atoms with Crippen LogP contribution in [-0.2, 0) is 29.7 Å². The van der Waals surface area contributed by atoms with Crippen LogP contribution in [0.5, 0.6) is 5.75 Å². The van der Waals surface area contributed by atoms with Gasteiger partial charge in [-0.2, -0.15) is 0 Å². The first-order chi connectivity index (χ1) is 19.3. The number of carbonyl (C=O) groups excluding carboxylic acids is 1. The van der Waals surface area contributed by atoms with E-state index < -0.39 is 12.6 Å². The number of benzene rings is 3. The molecule has 4 aromatic rings. The van der Waals surface area contributed by atoms with Crippen LogP contribution in [-0.4, -0.2) is 28.2 Å². The molecule has 0 aliphatic heterocycles. The van der Waals surface area contributed by atoms with Crippen LogP contribution in [0.3, 0.4) is 0 Å². The van der Waals surface area contributed by atoms with Gasteiger partial charge in [-0.15, -0.1) is 0 Å². The third kappa shape index (κ3) is 7.31. The van der Waals surface area contributed by atoms with Gasteiger partial charge in [0.1, 0.15) is 5.75 Å². The summed E-state index contributed by atoms with van der Waals surface area (Å²) in [6, 6.07) is 19.7. The highest BCUT2D eigenvalue weighted by molar-refractivity contribution is 6.32. The van der Waals surface area contributed by atoms with Crippen LogP contribution >= 0.6 is 11.6 Å². The van der Waals surface area contributed by atoms with Crippen LogP contribution < -0.4 is 10.1 Å². The molecule has 0 aliphatic rings. The van der Waals surface area contributed by atoms with Crippen molar-refractivity contribution in [3.63, 3.8) is 0 Å². The Morgan fingerprint density at radius 1 is 1.00 bits per heavy atom. The molecule has 7 heteroatoms. The molecule has 4 rings (SSSR count). The number of carboxylic acids is 1. The summed E-state index contributed by atoms with van der Waals surface area (Å²) in [5, 5.41) is 13.5. The average Bonchev–Trinajstić information content (AvgIpc) is 3.16. The molecular formula is C34H39ClN2O4. The van der Waals surface area contributed by atoms with E-state index in [1.807, 2.05) is 24.3 Å². The minimum absolute atomic E-state index is 0.0864. The smallest absolute Gasteiger partial charge is 0.341 e. The maximum absolute atomic E-state index is 13.2. The molecule has 0 unspecified atom stereocenters. The minimum atomic E-state index is -1.06. The Morgan fingerprint density at radius 2 is 1.68 bits per heavy atom. The summed E-state index contributed by atoms with van der Waals surface area (Å²) in [6.45, 7) is 13.8. The Hall–Kier alpha value is -3.77. The quantitative estimate of drug-likeness (QED) is 0.205. The molecule has 3 aromatic carbocycles. The first-order valence-corrected chi connectivity index (χ1v) is 14.3. The van der Waals surface area contributed by atoms with Crippen LogP contribution in [0.2, 0.25) is 5.02 Å². The lowest BCUT2D eigenvalue weighted by atomic mass is 9.87. The van der Waals surface area contributed by atoms with Gasteiger partial charge in [0.2, 0.25) is 0 Å². The van der Waals surface area contributed by atoms with Gasteiger partial charge in [-0.1, -0.05) is 82.6 Å². The third-order valence-electron chi connectivity index (χ3n) is 7.27. The summed E-state index contributed by atoms with van der Waals surface area (Å²) in [5.41, 5.74) is 7.29. The lowest BCUT2D eigenvalue weighted by molar-refractivity contribution is -0.139. The number of ether oxygens (including phenoxy) is 1. The molecule has 1 heterocycles. The van der Waals surface area contributed by atoms with Crippen molar-refractivity contribution in [2.45, 2.75) is 66.5 Å². The van der Waals surface area contributed by atoms with Gasteiger partial charge in [0, 0.05) is 35.2 Å². The van der Waals surface area contributed by atoms with Gasteiger partial charge >= 0.3 is 5.97 Å². The molecule has 1 aromatic heterocycles. The summed E-state index contributed by atoms with van der Waals surface area (Å²) in [6.07, 6.45) is 0.615. The Balaban J connectivity index is 1.60. The number of hydrogen-bond acceptors (Lipinski definition) is 3. The second kappa shape index (κ2) is 12.4. The van der Waals surface area contributed by atoms with E-state index in [1.165, 1.54) is 5.56 Å². The van der Waals surface area contributed by atoms with Crippen LogP contribution in [0.15, 0.2) is 60.7 Å². The van der Waals surface area contributed by atoms with Crippen LogP contribution in [0.1, 0.15) is 72.9 Å². The van der Waals surface area contributed by atoms with Gasteiger partial charge in [-0.05, 0) is 71.2 Å². The molecule has 0 aliphatic carbocycles. The highest BCUT2D eigenvalue weighted by Crippen LogP contribution is 2.32. The number of halogens is 1. The SMILES string of the molecule is Cc1c(Cc2ccc(Cl)c(OCC(=O)O)c2)c2ccc(C(=O)NCc3ccc(C(C)(C)C)cc3)cc2n1CC(C)C. The summed E-state index contributed by atoms with van der Waals surface area (Å²) in [5.74, 6) is -0.405. The second-order valence-electron chi connectivity index (χ2n) is 12.1. The van der Waals surface area contributed by atoms with E-state index in [4.69, 9.17) is 21.4 Å². The molecule has 0 atom stereocenters. The molecule has 0 saturated heterocycles. The number of nitrogens with zero attached hydrogens (tertiary/aromatic N) is 1. The number of nitrogens with one attached hydrogen (secondary N) is 1. The number of carbonyl (C=O) groups is 2. The number of fused-ring (bicyclic) bond motifs is 1. The molecule has 41 heavy (non-hydrogen) atoms. The largest absolute Gasteiger partial charge is 0.480 e. The van der Waals surface area contributed by atoms with E-state index in [2.05, 4.69) is 75.7 Å². The van der Waals surface area contributed by atoms with Crippen molar-refractivity contribution in [2.75, 3.05) is 6.61 Å². The first-order valence-electron chi connectivity index (χ1n) is 14.0. The van der Waals surface area contributed by atoms with E-state index in [0.29, 0.717) is 35.2 Å². The van der Waals surface area contributed by atoms with Gasteiger partial charge in [-0.3, -0.25) is 4.79 Å². The van der Waals surface area contributed by atoms with Gasteiger partial charge in [0.25, 0.3) is 5.91 Å². The number of aliphatic carboxylic acids is 1. The topological polar surface area (TPSA) is 80.6 Å². The first kappa shape index (κ1) is 30.2. The molecule has 6 nitrogen and oxygen atoms in total. The van der Waals surface area contributed by atoms with Gasteiger partial charge in [-0.25, -0.2) is 4.79 Å². The minimum Gasteiger partial charge on any atom is -0.480 e. The summed E-state index contributed by atoms with van der Waals surface area (Å²) < 4.78 is 7.68. The fourth-order valence-corrected chi connectivity index (χ4v) is 5.20. The van der Waals surface area contributed by atoms with Crippen LogP contribution in [0.25, 0.3) is 10.9 Å². The molecule has 1 amide bonds. The molecule has 0 radical (unpaired) electrons. The molecule has 0 saturated carbocycles. The lowest BCUT2D eigenvalue weighted by Crippen LogP contribution is -2.23. The summed E-state index contributed by atoms with van der Waals surface area (Å²) in [7, 11) is 0. The van der Waals surface area contributed by atoms with Crippen molar-refractivity contribution in [2.24, 2.45) is 5.92 Å². The zero-order valence-corrected chi connectivity index (χ0v) is 25.4. The summed E-state index contributed by atoms with van der Waals surface area (Å²) >= 11 is 6.25. The average molecular weight is 575 g/mol. The van der Waals surface area contributed by atoms with Gasteiger partial charge in [0.15, 0.2) is 6.61 Å². The Bertz CT molecular complexity index is 1560. The highest BCUT2D eigenvalue weighted by Gasteiger charge is 2.19. The molecule has 0 bridgehead atoms.